The van der Waals surface area contributed by atoms with Crippen molar-refractivity contribution in [3.8, 4) is 6.07 Å². The number of rotatable bonds is 3. The molecule has 1 aromatic heterocycles. The number of hydrogen-bond acceptors (Lipinski definition) is 4. The maximum atomic E-state index is 12.5. The normalized spacial score (nSPS) is 14.6. The Labute approximate surface area is 168 Å². The van der Waals surface area contributed by atoms with Crippen LogP contribution in [-0.4, -0.2) is 30.0 Å². The molecular weight excluding hydrogens is 372 g/mol. The van der Waals surface area contributed by atoms with Gasteiger partial charge in [0.15, 0.2) is 0 Å². The van der Waals surface area contributed by atoms with Crippen molar-refractivity contribution in [2.45, 2.75) is 18.9 Å². The third-order valence-corrected chi connectivity index (χ3v) is 5.34. The highest BCUT2D eigenvalue weighted by molar-refractivity contribution is 6.31. The fraction of sp³-hybridized carbons (Fsp3) is 0.227. The van der Waals surface area contributed by atoms with E-state index >= 15 is 0 Å². The van der Waals surface area contributed by atoms with E-state index in [9.17, 15) is 4.79 Å². The third kappa shape index (κ3) is 3.78. The van der Waals surface area contributed by atoms with Gasteiger partial charge in [0, 0.05) is 47.0 Å². The molecule has 1 aliphatic heterocycles. The van der Waals surface area contributed by atoms with Gasteiger partial charge in [-0.25, -0.2) is 0 Å². The Morgan fingerprint density at radius 3 is 2.79 bits per heavy atom. The number of nitrogens with one attached hydrogen (secondary N) is 1. The second-order valence-electron chi connectivity index (χ2n) is 6.92. The molecule has 1 fully saturated rings. The lowest BCUT2D eigenvalue weighted by Crippen LogP contribution is -2.44. The summed E-state index contributed by atoms with van der Waals surface area (Å²) in [6.07, 6.45) is 3.53. The molecule has 6 heteroatoms. The molecule has 0 radical (unpaired) electrons. The molecule has 1 aliphatic rings. The van der Waals surface area contributed by atoms with Gasteiger partial charge in [-0.2, -0.15) is 5.26 Å². The highest BCUT2D eigenvalue weighted by Crippen LogP contribution is 2.29. The summed E-state index contributed by atoms with van der Waals surface area (Å²) in [7, 11) is 0. The molecule has 0 atom stereocenters. The van der Waals surface area contributed by atoms with E-state index in [-0.39, 0.29) is 11.9 Å². The second kappa shape index (κ2) is 7.87. The van der Waals surface area contributed by atoms with Crippen LogP contribution in [0, 0.1) is 11.3 Å². The first-order valence-electron chi connectivity index (χ1n) is 9.24. The largest absolute Gasteiger partial charge is 0.371 e. The standard InChI is InChI=1S/C22H19ClN4O/c23-17-4-5-19-20(13-17)25-9-6-21(19)27-10-7-18(8-11-27)26-22(28)16-3-1-2-15(12-16)14-24/h1-6,9,12-13,18H,7-8,10-11H2,(H,26,28). The summed E-state index contributed by atoms with van der Waals surface area (Å²) in [6, 6.07) is 16.8. The van der Waals surface area contributed by atoms with Gasteiger partial charge in [0.2, 0.25) is 0 Å². The Bertz CT molecular complexity index is 1070. The number of nitrogens with zero attached hydrogens (tertiary/aromatic N) is 3. The molecule has 5 nitrogen and oxygen atoms in total. The molecule has 0 spiro atoms. The number of aromatic nitrogens is 1. The van der Waals surface area contributed by atoms with Gasteiger partial charge >= 0.3 is 0 Å². The van der Waals surface area contributed by atoms with Crippen molar-refractivity contribution in [1.29, 1.82) is 5.26 Å². The van der Waals surface area contributed by atoms with Crippen LogP contribution in [0.2, 0.25) is 5.02 Å². The van der Waals surface area contributed by atoms with Crippen molar-refractivity contribution in [3.63, 3.8) is 0 Å². The van der Waals surface area contributed by atoms with E-state index in [2.05, 4.69) is 21.3 Å². The first-order chi connectivity index (χ1) is 13.6. The summed E-state index contributed by atoms with van der Waals surface area (Å²) in [4.78, 5) is 19.2. The molecule has 140 valence electrons. The maximum Gasteiger partial charge on any atom is 0.251 e. The molecule has 0 saturated carbocycles. The molecule has 1 saturated heterocycles. The van der Waals surface area contributed by atoms with Crippen molar-refractivity contribution >= 4 is 34.1 Å². The lowest BCUT2D eigenvalue weighted by molar-refractivity contribution is 0.0931. The number of fused-ring (bicyclic) bond motifs is 1. The lowest BCUT2D eigenvalue weighted by atomic mass is 10.0. The van der Waals surface area contributed by atoms with Crippen LogP contribution in [0.5, 0.6) is 0 Å². The van der Waals surface area contributed by atoms with E-state index in [1.54, 1.807) is 24.3 Å². The Kier molecular flexibility index (Phi) is 5.14. The predicted molar refractivity (Wildman–Crippen MR) is 111 cm³/mol. The zero-order chi connectivity index (χ0) is 19.5. The average molecular weight is 391 g/mol. The van der Waals surface area contributed by atoms with E-state index in [4.69, 9.17) is 16.9 Å². The summed E-state index contributed by atoms with van der Waals surface area (Å²) in [5, 5.41) is 13.9. The van der Waals surface area contributed by atoms with Crippen LogP contribution in [0.15, 0.2) is 54.7 Å². The molecule has 1 N–H and O–H groups in total. The fourth-order valence-corrected chi connectivity index (χ4v) is 3.81. The molecule has 28 heavy (non-hydrogen) atoms. The molecule has 2 heterocycles. The number of piperidine rings is 1. The lowest BCUT2D eigenvalue weighted by Gasteiger charge is -2.34. The summed E-state index contributed by atoms with van der Waals surface area (Å²) in [5.41, 5.74) is 3.05. The number of carbonyl (C=O) groups excluding carboxylic acids is 1. The van der Waals surface area contributed by atoms with Gasteiger partial charge in [-0.05, 0) is 55.3 Å². The summed E-state index contributed by atoms with van der Waals surface area (Å²) < 4.78 is 0. The van der Waals surface area contributed by atoms with Crippen LogP contribution in [0.25, 0.3) is 10.9 Å². The molecule has 2 aromatic carbocycles. The average Bonchev–Trinajstić information content (AvgIpc) is 2.73. The number of pyridine rings is 1. The molecular formula is C22H19ClN4O. The van der Waals surface area contributed by atoms with Gasteiger partial charge in [-0.15, -0.1) is 0 Å². The van der Waals surface area contributed by atoms with Crippen molar-refractivity contribution < 1.29 is 4.79 Å². The number of hydrogen-bond donors (Lipinski definition) is 1. The number of halogens is 1. The van der Waals surface area contributed by atoms with Crippen molar-refractivity contribution in [2.75, 3.05) is 18.0 Å². The smallest absolute Gasteiger partial charge is 0.251 e. The monoisotopic (exact) mass is 390 g/mol. The second-order valence-corrected chi connectivity index (χ2v) is 7.36. The first kappa shape index (κ1) is 18.3. The topological polar surface area (TPSA) is 69.0 Å². The zero-order valence-corrected chi connectivity index (χ0v) is 16.0. The summed E-state index contributed by atoms with van der Waals surface area (Å²) in [5.74, 6) is -0.125. The molecule has 4 rings (SSSR count). The SMILES string of the molecule is N#Cc1cccc(C(=O)NC2CCN(c3ccnc4cc(Cl)ccc34)CC2)c1. The van der Waals surface area contributed by atoms with Crippen molar-refractivity contribution in [3.05, 3.63) is 70.9 Å². The third-order valence-electron chi connectivity index (χ3n) is 5.11. The van der Waals surface area contributed by atoms with Crippen LogP contribution >= 0.6 is 11.6 Å². The Balaban J connectivity index is 1.42. The van der Waals surface area contributed by atoms with E-state index in [1.807, 2.05) is 30.5 Å². The molecule has 0 unspecified atom stereocenters. The minimum atomic E-state index is -0.125. The molecule has 0 aliphatic carbocycles. The number of nitriles is 1. The summed E-state index contributed by atoms with van der Waals surface area (Å²) >= 11 is 6.08. The van der Waals surface area contributed by atoms with E-state index in [0.717, 1.165) is 42.5 Å². The van der Waals surface area contributed by atoms with E-state index < -0.39 is 0 Å². The van der Waals surface area contributed by atoms with Gasteiger partial charge in [-0.3, -0.25) is 9.78 Å². The summed E-state index contributed by atoms with van der Waals surface area (Å²) in [6.45, 7) is 1.70. The maximum absolute atomic E-state index is 12.5. The Morgan fingerprint density at radius 1 is 1.18 bits per heavy atom. The van der Waals surface area contributed by atoms with Crippen LogP contribution in [-0.2, 0) is 0 Å². The highest BCUT2D eigenvalue weighted by atomic mass is 35.5. The zero-order valence-electron chi connectivity index (χ0n) is 15.2. The number of benzene rings is 2. The predicted octanol–water partition coefficient (Wildman–Crippen LogP) is 4.16. The fourth-order valence-electron chi connectivity index (χ4n) is 3.65. The molecule has 0 bridgehead atoms. The minimum absolute atomic E-state index is 0.122. The van der Waals surface area contributed by atoms with Crippen LogP contribution in [0.4, 0.5) is 5.69 Å². The quantitative estimate of drug-likeness (QED) is 0.729. The molecule has 1 amide bonds. The van der Waals surface area contributed by atoms with Crippen LogP contribution in [0.1, 0.15) is 28.8 Å². The van der Waals surface area contributed by atoms with Crippen LogP contribution < -0.4 is 10.2 Å². The van der Waals surface area contributed by atoms with Gasteiger partial charge < -0.3 is 10.2 Å². The number of amides is 1. The number of anilines is 1. The first-order valence-corrected chi connectivity index (χ1v) is 9.62. The van der Waals surface area contributed by atoms with Crippen LogP contribution in [0.3, 0.4) is 0 Å². The van der Waals surface area contributed by atoms with Crippen molar-refractivity contribution in [2.24, 2.45) is 0 Å². The number of carbonyl (C=O) groups is 1. The van der Waals surface area contributed by atoms with Crippen molar-refractivity contribution in [1.82, 2.24) is 10.3 Å². The van der Waals surface area contributed by atoms with E-state index in [0.29, 0.717) is 16.1 Å². The Morgan fingerprint density at radius 2 is 2.00 bits per heavy atom. The van der Waals surface area contributed by atoms with Gasteiger partial charge in [0.25, 0.3) is 5.91 Å². The Hall–Kier alpha value is -3.10. The van der Waals surface area contributed by atoms with E-state index in [1.165, 1.54) is 0 Å². The van der Waals surface area contributed by atoms with Gasteiger partial charge in [0.05, 0.1) is 17.1 Å². The molecule has 3 aromatic rings. The minimum Gasteiger partial charge on any atom is -0.371 e. The van der Waals surface area contributed by atoms with Gasteiger partial charge in [0.1, 0.15) is 0 Å². The highest BCUT2D eigenvalue weighted by Gasteiger charge is 2.22. The van der Waals surface area contributed by atoms with Gasteiger partial charge in [-0.1, -0.05) is 17.7 Å².